The number of carbonyl (C=O) groups is 1. The van der Waals surface area contributed by atoms with Gasteiger partial charge in [-0.1, -0.05) is 0 Å². The monoisotopic (exact) mass is 444 g/mol. The molecule has 8 heteroatoms. The smallest absolute Gasteiger partial charge is 0.341 e. The minimum Gasteiger partial charge on any atom is -0.477 e. The Morgan fingerprint density at radius 1 is 1.23 bits per heavy atom. The number of aryl methyl sites for hydroxylation is 1. The fraction of sp³-hybridized carbons (Fsp3) is 0.391. The number of carboxylic acids is 1. The van der Waals surface area contributed by atoms with Gasteiger partial charge in [0.1, 0.15) is 11.4 Å². The Morgan fingerprint density at radius 2 is 1.97 bits per heavy atom. The summed E-state index contributed by atoms with van der Waals surface area (Å²) in [4.78, 5) is 27.9. The molecular weight excluding hydrogens is 422 g/mol. The van der Waals surface area contributed by atoms with Gasteiger partial charge in [0.05, 0.1) is 16.5 Å². The van der Waals surface area contributed by atoms with Gasteiger partial charge in [-0.2, -0.15) is 0 Å². The molecule has 31 heavy (non-hydrogen) atoms. The average molecular weight is 445 g/mol. The van der Waals surface area contributed by atoms with Crippen LogP contribution in [0.2, 0.25) is 0 Å². The maximum absolute atomic E-state index is 15.8. The van der Waals surface area contributed by atoms with E-state index in [0.29, 0.717) is 4.88 Å². The number of pyridine rings is 1. The van der Waals surface area contributed by atoms with Gasteiger partial charge >= 0.3 is 5.97 Å². The van der Waals surface area contributed by atoms with Gasteiger partial charge in [-0.3, -0.25) is 4.79 Å². The van der Waals surface area contributed by atoms with Crippen LogP contribution >= 0.6 is 11.3 Å². The topological polar surface area (TPSA) is 62.5 Å². The van der Waals surface area contributed by atoms with E-state index in [1.165, 1.54) is 22.1 Å². The van der Waals surface area contributed by atoms with Gasteiger partial charge in [-0.05, 0) is 63.9 Å². The minimum absolute atomic E-state index is 0.00979. The molecule has 162 valence electrons. The summed E-state index contributed by atoms with van der Waals surface area (Å²) in [5, 5.41) is 9.16. The SMILES string of the molecule is CN(C)C1CCCc2sc(-c3c(F)cc4c(=O)c(C(=O)O)cn(C5CC5)c4c3F)cc21. The van der Waals surface area contributed by atoms with E-state index in [1.54, 1.807) is 0 Å². The van der Waals surface area contributed by atoms with Crippen molar-refractivity contribution in [3.8, 4) is 10.4 Å². The fourth-order valence-corrected chi connectivity index (χ4v) is 5.95. The van der Waals surface area contributed by atoms with E-state index in [-0.39, 0.29) is 28.6 Å². The van der Waals surface area contributed by atoms with Crippen molar-refractivity contribution in [2.75, 3.05) is 14.1 Å². The zero-order valence-electron chi connectivity index (χ0n) is 17.2. The van der Waals surface area contributed by atoms with Crippen molar-refractivity contribution in [3.63, 3.8) is 0 Å². The Morgan fingerprint density at radius 3 is 2.61 bits per heavy atom. The van der Waals surface area contributed by atoms with Gasteiger partial charge in [-0.15, -0.1) is 11.3 Å². The van der Waals surface area contributed by atoms with Crippen molar-refractivity contribution in [1.29, 1.82) is 0 Å². The van der Waals surface area contributed by atoms with Crippen molar-refractivity contribution in [2.24, 2.45) is 0 Å². The van der Waals surface area contributed by atoms with Gasteiger partial charge in [-0.25, -0.2) is 13.6 Å². The van der Waals surface area contributed by atoms with Crippen LogP contribution in [0.5, 0.6) is 0 Å². The molecule has 0 spiro atoms. The number of rotatable bonds is 4. The predicted octanol–water partition coefficient (Wildman–Crippen LogP) is 4.98. The molecule has 2 aliphatic carbocycles. The number of aromatic nitrogens is 1. The second kappa shape index (κ2) is 7.24. The zero-order chi connectivity index (χ0) is 22.0. The van der Waals surface area contributed by atoms with Crippen molar-refractivity contribution in [3.05, 3.63) is 56.2 Å². The number of hydrogen-bond donors (Lipinski definition) is 1. The van der Waals surface area contributed by atoms with Gasteiger partial charge in [0.15, 0.2) is 5.82 Å². The average Bonchev–Trinajstić information content (AvgIpc) is 3.46. The molecule has 5 nitrogen and oxygen atoms in total. The summed E-state index contributed by atoms with van der Waals surface area (Å²) in [6, 6.07) is 3.01. The highest BCUT2D eigenvalue weighted by atomic mass is 32.1. The molecule has 1 saturated carbocycles. The molecule has 1 unspecified atom stereocenters. The maximum Gasteiger partial charge on any atom is 0.341 e. The summed E-state index contributed by atoms with van der Waals surface area (Å²) in [6.07, 6.45) is 5.64. The Balaban J connectivity index is 1.77. The Kier molecular flexibility index (Phi) is 4.75. The molecule has 2 aromatic heterocycles. The van der Waals surface area contributed by atoms with E-state index < -0.39 is 28.6 Å². The molecule has 1 aromatic carbocycles. The number of thiophene rings is 1. The second-order valence-corrected chi connectivity index (χ2v) is 9.76. The fourth-order valence-electron chi connectivity index (χ4n) is 4.65. The predicted molar refractivity (Wildman–Crippen MR) is 116 cm³/mol. The van der Waals surface area contributed by atoms with Crippen LogP contribution in [0.4, 0.5) is 8.78 Å². The van der Waals surface area contributed by atoms with E-state index in [0.717, 1.165) is 48.6 Å². The number of fused-ring (bicyclic) bond motifs is 2. The number of benzene rings is 1. The normalized spacial score (nSPS) is 18.5. The number of hydrogen-bond acceptors (Lipinski definition) is 4. The Hall–Kier alpha value is -2.58. The van der Waals surface area contributed by atoms with Crippen molar-refractivity contribution in [1.82, 2.24) is 9.47 Å². The largest absolute Gasteiger partial charge is 0.477 e. The first-order chi connectivity index (χ1) is 14.8. The lowest BCUT2D eigenvalue weighted by molar-refractivity contribution is 0.0694. The standard InChI is InChI=1S/C23H22F2N2O3S/c1-26(2)16-4-3-5-17-12(16)9-18(31-17)19-15(24)8-13-21(20(19)25)27(11-6-7-11)10-14(22(13)28)23(29)30/h8-11,16H,3-7H2,1-2H3,(H,29,30). The number of carboxylic acid groups (broad SMARTS) is 1. The highest BCUT2D eigenvalue weighted by Crippen LogP contribution is 2.45. The summed E-state index contributed by atoms with van der Waals surface area (Å²) in [5.41, 5.74) is -0.366. The van der Waals surface area contributed by atoms with Crippen LogP contribution in [-0.4, -0.2) is 34.6 Å². The molecule has 5 rings (SSSR count). The molecule has 1 N–H and O–H groups in total. The van der Waals surface area contributed by atoms with E-state index in [9.17, 15) is 14.7 Å². The third kappa shape index (κ3) is 3.20. The highest BCUT2D eigenvalue weighted by molar-refractivity contribution is 7.15. The lowest BCUT2D eigenvalue weighted by Crippen LogP contribution is -2.22. The molecule has 1 atom stereocenters. The van der Waals surface area contributed by atoms with Gasteiger partial charge in [0.25, 0.3) is 0 Å². The quantitative estimate of drug-likeness (QED) is 0.617. The number of nitrogens with zero attached hydrogens (tertiary/aromatic N) is 2. The van der Waals surface area contributed by atoms with Crippen LogP contribution in [0.3, 0.4) is 0 Å². The van der Waals surface area contributed by atoms with Crippen molar-refractivity contribution < 1.29 is 18.7 Å². The molecule has 3 aromatic rings. The van der Waals surface area contributed by atoms with E-state index >= 15 is 8.78 Å². The van der Waals surface area contributed by atoms with Gasteiger partial charge < -0.3 is 14.6 Å². The molecule has 1 fully saturated rings. The van der Waals surface area contributed by atoms with Crippen LogP contribution in [0.25, 0.3) is 21.3 Å². The molecule has 0 saturated heterocycles. The van der Waals surface area contributed by atoms with Crippen LogP contribution in [0.15, 0.2) is 23.1 Å². The van der Waals surface area contributed by atoms with Crippen molar-refractivity contribution >= 4 is 28.2 Å². The van der Waals surface area contributed by atoms with Crippen LogP contribution in [-0.2, 0) is 6.42 Å². The molecule has 0 amide bonds. The molecule has 0 aliphatic heterocycles. The summed E-state index contributed by atoms with van der Waals surface area (Å²) in [6.45, 7) is 0. The third-order valence-electron chi connectivity index (χ3n) is 6.33. The highest BCUT2D eigenvalue weighted by Gasteiger charge is 2.31. The van der Waals surface area contributed by atoms with Crippen LogP contribution in [0, 0.1) is 11.6 Å². The Bertz CT molecular complexity index is 1290. The van der Waals surface area contributed by atoms with Gasteiger partial charge in [0.2, 0.25) is 5.43 Å². The molecule has 2 aliphatic rings. The zero-order valence-corrected chi connectivity index (χ0v) is 18.1. The summed E-state index contributed by atoms with van der Waals surface area (Å²) < 4.78 is 32.6. The second-order valence-electron chi connectivity index (χ2n) is 8.62. The molecule has 0 radical (unpaired) electrons. The van der Waals surface area contributed by atoms with Crippen LogP contribution in [0.1, 0.15) is 58.6 Å². The summed E-state index contributed by atoms with van der Waals surface area (Å²) in [7, 11) is 4.01. The van der Waals surface area contributed by atoms with Crippen LogP contribution < -0.4 is 5.43 Å². The first-order valence-electron chi connectivity index (χ1n) is 10.4. The molecule has 2 heterocycles. The Labute approximate surface area is 181 Å². The van der Waals surface area contributed by atoms with E-state index in [4.69, 9.17) is 0 Å². The van der Waals surface area contributed by atoms with E-state index in [1.807, 2.05) is 20.2 Å². The summed E-state index contributed by atoms with van der Waals surface area (Å²) >= 11 is 1.40. The first kappa shape index (κ1) is 20.3. The number of aromatic carboxylic acids is 1. The van der Waals surface area contributed by atoms with E-state index in [2.05, 4.69) is 4.90 Å². The lowest BCUT2D eigenvalue weighted by Gasteiger charge is -2.28. The number of halogens is 2. The lowest BCUT2D eigenvalue weighted by atomic mass is 9.92. The molecule has 0 bridgehead atoms. The molecular formula is C23H22F2N2O3S. The third-order valence-corrected chi connectivity index (χ3v) is 7.56. The first-order valence-corrected chi connectivity index (χ1v) is 11.2. The minimum atomic E-state index is -1.40. The summed E-state index contributed by atoms with van der Waals surface area (Å²) in [5.74, 6) is -3.03. The maximum atomic E-state index is 15.8. The van der Waals surface area contributed by atoms with Crippen molar-refractivity contribution in [2.45, 2.75) is 44.2 Å². The van der Waals surface area contributed by atoms with Gasteiger partial charge in [0, 0.05) is 28.0 Å².